The maximum Gasteiger partial charge on any atom is 0.263 e. The van der Waals surface area contributed by atoms with E-state index < -0.39 is 0 Å². The van der Waals surface area contributed by atoms with Crippen molar-refractivity contribution in [2.45, 2.75) is 25.4 Å². The summed E-state index contributed by atoms with van der Waals surface area (Å²) >= 11 is 1.80. The second kappa shape index (κ2) is 8.21. The van der Waals surface area contributed by atoms with Gasteiger partial charge in [0, 0.05) is 17.1 Å². The van der Waals surface area contributed by atoms with Crippen LogP contribution in [0.15, 0.2) is 42.5 Å². The highest BCUT2D eigenvalue weighted by atomic mass is 32.2. The van der Waals surface area contributed by atoms with Crippen molar-refractivity contribution in [2.24, 2.45) is 0 Å². The summed E-state index contributed by atoms with van der Waals surface area (Å²) in [6, 6.07) is 13.4. The Morgan fingerprint density at radius 1 is 1.14 bits per heavy atom. The van der Waals surface area contributed by atoms with Crippen LogP contribution >= 0.6 is 11.8 Å². The Bertz CT molecular complexity index is 1040. The van der Waals surface area contributed by atoms with E-state index in [0.717, 1.165) is 45.6 Å². The normalized spacial score (nSPS) is 12.5. The van der Waals surface area contributed by atoms with Gasteiger partial charge in [0.05, 0.1) is 18.5 Å². The SMILES string of the molecule is COc1ccc(OCC(=O)Nc2c3c(nn2-c2ccc(C)cc2C)CSC3)cc1. The van der Waals surface area contributed by atoms with Crippen LogP contribution in [0.1, 0.15) is 22.4 Å². The number of aryl methyl sites for hydroxylation is 2. The van der Waals surface area contributed by atoms with Crippen molar-refractivity contribution >= 4 is 23.5 Å². The van der Waals surface area contributed by atoms with Crippen molar-refractivity contribution in [3.8, 4) is 17.2 Å². The second-order valence-electron chi connectivity index (χ2n) is 6.98. The second-order valence-corrected chi connectivity index (χ2v) is 7.97. The van der Waals surface area contributed by atoms with E-state index in [1.807, 2.05) is 10.7 Å². The zero-order valence-corrected chi connectivity index (χ0v) is 17.5. The third-order valence-corrected chi connectivity index (χ3v) is 5.79. The van der Waals surface area contributed by atoms with Crippen LogP contribution in [0.4, 0.5) is 5.82 Å². The summed E-state index contributed by atoms with van der Waals surface area (Å²) in [5.74, 6) is 3.58. The van der Waals surface area contributed by atoms with Crippen LogP contribution in [0.5, 0.6) is 11.5 Å². The van der Waals surface area contributed by atoms with Gasteiger partial charge >= 0.3 is 0 Å². The molecule has 29 heavy (non-hydrogen) atoms. The number of amides is 1. The van der Waals surface area contributed by atoms with E-state index >= 15 is 0 Å². The van der Waals surface area contributed by atoms with Crippen LogP contribution in [0.25, 0.3) is 5.69 Å². The number of thioether (sulfide) groups is 1. The van der Waals surface area contributed by atoms with Crippen molar-refractivity contribution in [3.63, 3.8) is 0 Å². The van der Waals surface area contributed by atoms with Gasteiger partial charge in [0.1, 0.15) is 17.3 Å². The standard InChI is InChI=1S/C22H23N3O3S/c1-14-4-9-20(15(2)10-14)25-22(18-12-29-13-19(18)24-25)23-21(26)11-28-17-7-5-16(27-3)6-8-17/h4-10H,11-13H2,1-3H3,(H,23,26). The first-order valence-electron chi connectivity index (χ1n) is 9.38. The molecule has 3 aromatic rings. The lowest BCUT2D eigenvalue weighted by atomic mass is 10.1. The fourth-order valence-electron chi connectivity index (χ4n) is 3.35. The Balaban J connectivity index is 1.53. The van der Waals surface area contributed by atoms with Crippen LogP contribution in [0.3, 0.4) is 0 Å². The van der Waals surface area contributed by atoms with Gasteiger partial charge < -0.3 is 14.8 Å². The number of rotatable bonds is 6. The highest BCUT2D eigenvalue weighted by Crippen LogP contribution is 2.36. The summed E-state index contributed by atoms with van der Waals surface area (Å²) < 4.78 is 12.6. The lowest BCUT2D eigenvalue weighted by molar-refractivity contribution is -0.118. The van der Waals surface area contributed by atoms with Crippen molar-refractivity contribution in [1.82, 2.24) is 9.78 Å². The average molecular weight is 410 g/mol. The molecule has 7 heteroatoms. The molecule has 0 unspecified atom stereocenters. The number of nitrogens with zero attached hydrogens (tertiary/aromatic N) is 2. The van der Waals surface area contributed by atoms with E-state index in [1.165, 1.54) is 5.56 Å². The van der Waals surface area contributed by atoms with Gasteiger partial charge in [-0.1, -0.05) is 17.7 Å². The summed E-state index contributed by atoms with van der Waals surface area (Å²) in [4.78, 5) is 12.6. The minimum absolute atomic E-state index is 0.0771. The fraction of sp³-hybridized carbons (Fsp3) is 0.273. The number of nitrogens with one attached hydrogen (secondary N) is 1. The number of hydrogen-bond acceptors (Lipinski definition) is 5. The number of hydrogen-bond donors (Lipinski definition) is 1. The molecular formula is C22H23N3O3S. The maximum absolute atomic E-state index is 12.6. The van der Waals surface area contributed by atoms with Crippen molar-refractivity contribution in [2.75, 3.05) is 19.0 Å². The molecule has 1 aliphatic rings. The lowest BCUT2D eigenvalue weighted by Gasteiger charge is -2.14. The number of methoxy groups -OCH3 is 1. The molecule has 0 atom stereocenters. The number of fused-ring (bicyclic) bond motifs is 1. The molecule has 0 fully saturated rings. The first-order valence-corrected chi connectivity index (χ1v) is 10.5. The zero-order chi connectivity index (χ0) is 20.4. The van der Waals surface area contributed by atoms with Gasteiger partial charge in [0.25, 0.3) is 5.91 Å². The van der Waals surface area contributed by atoms with E-state index in [-0.39, 0.29) is 12.5 Å². The number of aromatic nitrogens is 2. The lowest BCUT2D eigenvalue weighted by Crippen LogP contribution is -2.22. The molecule has 4 rings (SSSR count). The molecule has 0 saturated heterocycles. The minimum atomic E-state index is -0.216. The van der Waals surface area contributed by atoms with E-state index in [0.29, 0.717) is 5.75 Å². The van der Waals surface area contributed by atoms with Crippen LogP contribution in [0, 0.1) is 13.8 Å². The van der Waals surface area contributed by atoms with E-state index in [1.54, 1.807) is 43.1 Å². The third-order valence-electron chi connectivity index (χ3n) is 4.82. The zero-order valence-electron chi connectivity index (χ0n) is 16.7. The third kappa shape index (κ3) is 4.10. The van der Waals surface area contributed by atoms with E-state index in [9.17, 15) is 4.79 Å². The molecule has 2 aromatic carbocycles. The largest absolute Gasteiger partial charge is 0.497 e. The molecule has 0 bridgehead atoms. The quantitative estimate of drug-likeness (QED) is 0.659. The molecule has 0 spiro atoms. The molecule has 1 aliphatic heterocycles. The van der Waals surface area contributed by atoms with Gasteiger partial charge in [-0.25, -0.2) is 4.68 Å². The van der Waals surface area contributed by atoms with Crippen LogP contribution < -0.4 is 14.8 Å². The van der Waals surface area contributed by atoms with E-state index in [2.05, 4.69) is 31.3 Å². The minimum Gasteiger partial charge on any atom is -0.497 e. The molecule has 1 amide bonds. The fourth-order valence-corrected chi connectivity index (χ4v) is 4.38. The first kappa shape index (κ1) is 19.4. The molecule has 6 nitrogen and oxygen atoms in total. The molecule has 150 valence electrons. The molecule has 1 N–H and O–H groups in total. The van der Waals surface area contributed by atoms with Gasteiger partial charge in [0.2, 0.25) is 0 Å². The summed E-state index contributed by atoms with van der Waals surface area (Å²) in [6.45, 7) is 4.05. The van der Waals surface area contributed by atoms with Crippen molar-refractivity contribution in [1.29, 1.82) is 0 Å². The number of anilines is 1. The Kier molecular flexibility index (Phi) is 5.49. The summed E-state index contributed by atoms with van der Waals surface area (Å²) in [6.07, 6.45) is 0. The smallest absolute Gasteiger partial charge is 0.263 e. The summed E-state index contributed by atoms with van der Waals surface area (Å²) in [5, 5.41) is 7.79. The van der Waals surface area contributed by atoms with Crippen molar-refractivity contribution < 1.29 is 14.3 Å². The Hall–Kier alpha value is -2.93. The average Bonchev–Trinajstić information content (AvgIpc) is 3.29. The number of benzene rings is 2. The monoisotopic (exact) mass is 409 g/mol. The number of carbonyl (C=O) groups is 1. The predicted octanol–water partition coefficient (Wildman–Crippen LogP) is 4.26. The molecular weight excluding hydrogens is 386 g/mol. The van der Waals surface area contributed by atoms with Gasteiger partial charge in [-0.2, -0.15) is 16.9 Å². The molecule has 0 radical (unpaired) electrons. The van der Waals surface area contributed by atoms with Crippen LogP contribution in [0.2, 0.25) is 0 Å². The number of carbonyl (C=O) groups excluding carboxylic acids is 1. The highest BCUT2D eigenvalue weighted by Gasteiger charge is 2.25. The predicted molar refractivity (Wildman–Crippen MR) is 115 cm³/mol. The van der Waals surface area contributed by atoms with Crippen LogP contribution in [-0.4, -0.2) is 29.4 Å². The highest BCUT2D eigenvalue weighted by molar-refractivity contribution is 7.98. The first-order chi connectivity index (χ1) is 14.0. The Morgan fingerprint density at radius 2 is 1.90 bits per heavy atom. The van der Waals surface area contributed by atoms with Gasteiger partial charge in [-0.3, -0.25) is 4.79 Å². The van der Waals surface area contributed by atoms with Gasteiger partial charge in [0.15, 0.2) is 6.61 Å². The van der Waals surface area contributed by atoms with Crippen LogP contribution in [-0.2, 0) is 16.3 Å². The summed E-state index contributed by atoms with van der Waals surface area (Å²) in [7, 11) is 1.61. The maximum atomic E-state index is 12.6. The molecule has 0 aliphatic carbocycles. The Morgan fingerprint density at radius 3 is 2.62 bits per heavy atom. The topological polar surface area (TPSA) is 65.4 Å². The molecule has 0 saturated carbocycles. The van der Waals surface area contributed by atoms with Crippen molar-refractivity contribution in [3.05, 3.63) is 64.8 Å². The number of ether oxygens (including phenoxy) is 2. The summed E-state index contributed by atoms with van der Waals surface area (Å²) in [5.41, 5.74) is 5.40. The molecule has 1 aromatic heterocycles. The van der Waals surface area contributed by atoms with Gasteiger partial charge in [-0.05, 0) is 49.7 Å². The Labute approximate surface area is 174 Å². The van der Waals surface area contributed by atoms with E-state index in [4.69, 9.17) is 14.6 Å². The molecule has 2 heterocycles. The van der Waals surface area contributed by atoms with Gasteiger partial charge in [-0.15, -0.1) is 0 Å².